The summed E-state index contributed by atoms with van der Waals surface area (Å²) in [6, 6.07) is 8.99. The summed E-state index contributed by atoms with van der Waals surface area (Å²) in [5.41, 5.74) is 0.447. The Morgan fingerprint density at radius 1 is 1.12 bits per heavy atom. The van der Waals surface area contributed by atoms with Gasteiger partial charge in [-0.25, -0.2) is 18.7 Å². The molecule has 2 aromatic heterocycles. The van der Waals surface area contributed by atoms with Crippen LogP contribution in [-0.4, -0.2) is 34.4 Å². The lowest BCUT2D eigenvalue weighted by Gasteiger charge is -2.36. The molecule has 33 heavy (non-hydrogen) atoms. The molecule has 0 bridgehead atoms. The summed E-state index contributed by atoms with van der Waals surface area (Å²) in [4.78, 5) is 35.9. The smallest absolute Gasteiger partial charge is 0.270 e. The first-order chi connectivity index (χ1) is 15.9. The molecule has 1 aliphatic heterocycles. The van der Waals surface area contributed by atoms with Gasteiger partial charge < -0.3 is 10.2 Å². The highest BCUT2D eigenvalue weighted by Crippen LogP contribution is 2.47. The summed E-state index contributed by atoms with van der Waals surface area (Å²) in [6.07, 6.45) is 4.72. The van der Waals surface area contributed by atoms with Gasteiger partial charge in [-0.1, -0.05) is 11.6 Å². The number of nitrogens with one attached hydrogen (secondary N) is 1. The third-order valence-corrected chi connectivity index (χ3v) is 7.07. The third-order valence-electron chi connectivity index (χ3n) is 6.77. The number of benzene rings is 1. The monoisotopic (exact) mass is 470 g/mol. The van der Waals surface area contributed by atoms with Crippen molar-refractivity contribution in [3.05, 3.63) is 64.9 Å². The molecule has 2 amide bonds. The zero-order valence-corrected chi connectivity index (χ0v) is 18.4. The normalized spacial score (nSPS) is 22.8. The molecule has 1 saturated carbocycles. The van der Waals surface area contributed by atoms with Crippen molar-refractivity contribution in [3.8, 4) is 0 Å². The van der Waals surface area contributed by atoms with Gasteiger partial charge in [-0.05, 0) is 62.4 Å². The molecule has 1 N–H and O–H groups in total. The number of aromatic nitrogens is 2. The van der Waals surface area contributed by atoms with Crippen LogP contribution in [0.2, 0.25) is 5.02 Å². The van der Waals surface area contributed by atoms with Gasteiger partial charge in [0, 0.05) is 30.2 Å². The Hall–Kier alpha value is -3.13. The fourth-order valence-electron chi connectivity index (χ4n) is 4.89. The first-order valence-electron chi connectivity index (χ1n) is 10.9. The second kappa shape index (κ2) is 8.33. The Morgan fingerprint density at radius 2 is 1.88 bits per heavy atom. The van der Waals surface area contributed by atoms with Crippen LogP contribution in [0.25, 0.3) is 11.0 Å². The average Bonchev–Trinajstić information content (AvgIpc) is 3.13. The van der Waals surface area contributed by atoms with Crippen LogP contribution in [0.3, 0.4) is 0 Å². The van der Waals surface area contributed by atoms with E-state index in [-0.39, 0.29) is 28.6 Å². The number of nitrogens with zero attached hydrogens (tertiary/aromatic N) is 3. The number of rotatable bonds is 3. The number of fused-ring (bicyclic) bond motifs is 1. The van der Waals surface area contributed by atoms with E-state index in [1.165, 1.54) is 4.90 Å². The highest BCUT2D eigenvalue weighted by molar-refractivity contribution is 6.34. The number of halogens is 3. The number of hydrogen-bond donors (Lipinski definition) is 1. The van der Waals surface area contributed by atoms with Crippen LogP contribution in [-0.2, 0) is 4.79 Å². The van der Waals surface area contributed by atoms with Gasteiger partial charge in [-0.3, -0.25) is 9.59 Å². The Labute approximate surface area is 194 Å². The molecule has 1 spiro atoms. The van der Waals surface area contributed by atoms with E-state index < -0.39 is 17.0 Å². The first kappa shape index (κ1) is 21.7. The maximum atomic E-state index is 13.8. The maximum absolute atomic E-state index is 13.8. The lowest BCUT2D eigenvalue weighted by Crippen LogP contribution is -2.44. The number of carbonyl (C=O) groups is 2. The molecule has 5 rings (SSSR count). The van der Waals surface area contributed by atoms with Gasteiger partial charge in [0.1, 0.15) is 5.69 Å². The summed E-state index contributed by atoms with van der Waals surface area (Å²) in [5.74, 6) is -2.47. The first-order valence-corrected chi connectivity index (χ1v) is 11.2. The van der Waals surface area contributed by atoms with Gasteiger partial charge in [0.15, 0.2) is 17.3 Å². The quantitative estimate of drug-likeness (QED) is 0.565. The standard InChI is InChI=1S/C24H21ClF2N4O2/c25-16-12-17(26)18(27)13-20(16)31-11-9-24(23(31)33)7-5-15(6-8-24)29-22(32)19-4-3-14-2-1-10-28-21(14)30-19/h1-4,10,12-13,15H,5-9,11H2,(H,29,32). The summed E-state index contributed by atoms with van der Waals surface area (Å²) < 4.78 is 27.2. The Balaban J connectivity index is 1.24. The van der Waals surface area contributed by atoms with E-state index in [2.05, 4.69) is 15.3 Å². The van der Waals surface area contributed by atoms with Crippen molar-refractivity contribution >= 4 is 40.1 Å². The van der Waals surface area contributed by atoms with E-state index in [9.17, 15) is 18.4 Å². The zero-order chi connectivity index (χ0) is 23.2. The lowest BCUT2D eigenvalue weighted by atomic mass is 9.71. The van der Waals surface area contributed by atoms with Crippen LogP contribution in [0, 0.1) is 17.0 Å². The minimum absolute atomic E-state index is 0.0117. The van der Waals surface area contributed by atoms with Crippen molar-refractivity contribution in [2.45, 2.75) is 38.1 Å². The average molecular weight is 471 g/mol. The lowest BCUT2D eigenvalue weighted by molar-refractivity contribution is -0.127. The number of anilines is 1. The van der Waals surface area contributed by atoms with Gasteiger partial charge in [-0.15, -0.1) is 0 Å². The molecule has 2 fully saturated rings. The fourth-order valence-corrected chi connectivity index (χ4v) is 5.14. The number of hydrogen-bond acceptors (Lipinski definition) is 4. The van der Waals surface area contributed by atoms with E-state index >= 15 is 0 Å². The molecule has 1 aliphatic carbocycles. The summed E-state index contributed by atoms with van der Waals surface area (Å²) in [6.45, 7) is 0.397. The Bertz CT molecular complexity index is 1260. The van der Waals surface area contributed by atoms with Crippen LogP contribution in [0.4, 0.5) is 14.5 Å². The molecular formula is C24H21ClF2N4O2. The molecular weight excluding hydrogens is 450 g/mol. The maximum Gasteiger partial charge on any atom is 0.270 e. The van der Waals surface area contributed by atoms with E-state index in [0.717, 1.165) is 17.5 Å². The fraction of sp³-hybridized carbons (Fsp3) is 0.333. The van der Waals surface area contributed by atoms with Gasteiger partial charge in [-0.2, -0.15) is 0 Å². The van der Waals surface area contributed by atoms with E-state index in [1.54, 1.807) is 12.3 Å². The minimum Gasteiger partial charge on any atom is -0.348 e. The molecule has 3 aromatic rings. The highest BCUT2D eigenvalue weighted by Gasteiger charge is 2.49. The van der Waals surface area contributed by atoms with Gasteiger partial charge in [0.25, 0.3) is 5.91 Å². The Morgan fingerprint density at radius 3 is 2.67 bits per heavy atom. The second-order valence-corrected chi connectivity index (χ2v) is 9.11. The van der Waals surface area contributed by atoms with Crippen molar-refractivity contribution < 1.29 is 18.4 Å². The molecule has 0 radical (unpaired) electrons. The molecule has 0 unspecified atom stereocenters. The van der Waals surface area contributed by atoms with Crippen LogP contribution in [0.15, 0.2) is 42.6 Å². The van der Waals surface area contributed by atoms with Crippen LogP contribution < -0.4 is 10.2 Å². The predicted molar refractivity (Wildman–Crippen MR) is 120 cm³/mol. The van der Waals surface area contributed by atoms with Crippen LogP contribution in [0.1, 0.15) is 42.6 Å². The molecule has 0 atom stereocenters. The van der Waals surface area contributed by atoms with Gasteiger partial charge in [0.2, 0.25) is 5.91 Å². The zero-order valence-electron chi connectivity index (χ0n) is 17.7. The number of amides is 2. The second-order valence-electron chi connectivity index (χ2n) is 8.70. The topological polar surface area (TPSA) is 75.2 Å². The van der Waals surface area contributed by atoms with Crippen LogP contribution >= 0.6 is 11.6 Å². The molecule has 6 nitrogen and oxygen atoms in total. The summed E-state index contributed by atoms with van der Waals surface area (Å²) >= 11 is 6.09. The van der Waals surface area contributed by atoms with Crippen molar-refractivity contribution in [3.63, 3.8) is 0 Å². The highest BCUT2D eigenvalue weighted by atomic mass is 35.5. The van der Waals surface area contributed by atoms with Crippen molar-refractivity contribution in [2.24, 2.45) is 5.41 Å². The molecule has 1 aromatic carbocycles. The molecule has 3 heterocycles. The third kappa shape index (κ3) is 3.93. The summed E-state index contributed by atoms with van der Waals surface area (Å²) in [7, 11) is 0. The number of carbonyl (C=O) groups excluding carboxylic acids is 2. The molecule has 170 valence electrons. The SMILES string of the molecule is O=C(NC1CCC2(CC1)CCN(c1cc(F)c(F)cc1Cl)C2=O)c1ccc2cccnc2n1. The largest absolute Gasteiger partial charge is 0.348 e. The van der Waals surface area contributed by atoms with Crippen LogP contribution in [0.5, 0.6) is 0 Å². The minimum atomic E-state index is -1.04. The Kier molecular flexibility index (Phi) is 5.48. The number of pyridine rings is 2. The van der Waals surface area contributed by atoms with E-state index in [4.69, 9.17) is 11.6 Å². The van der Waals surface area contributed by atoms with Gasteiger partial charge >= 0.3 is 0 Å². The summed E-state index contributed by atoms with van der Waals surface area (Å²) in [5, 5.41) is 3.89. The van der Waals surface area contributed by atoms with E-state index in [0.29, 0.717) is 50.0 Å². The predicted octanol–water partition coefficient (Wildman–Crippen LogP) is 4.66. The van der Waals surface area contributed by atoms with Crippen molar-refractivity contribution in [1.82, 2.24) is 15.3 Å². The molecule has 1 saturated heterocycles. The molecule has 9 heteroatoms. The van der Waals surface area contributed by atoms with Crippen molar-refractivity contribution in [1.29, 1.82) is 0 Å². The molecule has 2 aliphatic rings. The van der Waals surface area contributed by atoms with Gasteiger partial charge in [0.05, 0.1) is 16.1 Å². The van der Waals surface area contributed by atoms with E-state index in [1.807, 2.05) is 18.2 Å². The van der Waals surface area contributed by atoms with Crippen molar-refractivity contribution in [2.75, 3.05) is 11.4 Å².